The Bertz CT molecular complexity index is 490. The van der Waals surface area contributed by atoms with Crippen molar-refractivity contribution in [2.24, 2.45) is 0 Å². The van der Waals surface area contributed by atoms with E-state index < -0.39 is 6.10 Å². The summed E-state index contributed by atoms with van der Waals surface area (Å²) < 4.78 is 10.7. The molecule has 1 aliphatic rings. The quantitative estimate of drug-likeness (QED) is 0.921. The van der Waals surface area contributed by atoms with Gasteiger partial charge in [-0.3, -0.25) is 4.90 Å². The molecule has 1 aromatic rings. The summed E-state index contributed by atoms with van der Waals surface area (Å²) in [6.45, 7) is 5.39. The largest absolute Gasteiger partial charge is 0.496 e. The number of ether oxygens (including phenoxy) is 2. The summed E-state index contributed by atoms with van der Waals surface area (Å²) in [5.74, 6) is 1.44. The van der Waals surface area contributed by atoms with Gasteiger partial charge < -0.3 is 14.6 Å². The first kappa shape index (κ1) is 14.2. The average Bonchev–Trinajstić information content (AvgIpc) is 2.36. The minimum Gasteiger partial charge on any atom is -0.496 e. The molecule has 1 aliphatic heterocycles. The van der Waals surface area contributed by atoms with E-state index in [4.69, 9.17) is 21.1 Å². The standard InChI is InChI=1S/C14H18ClNO3/c1-9(15)6-16-7-10-12(18-2)4-5-13(19-3)14(10)11(17)8-16/h4-5,11,17H,1,6-8H2,2-3H3/t11-/m0/s1. The summed E-state index contributed by atoms with van der Waals surface area (Å²) in [4.78, 5) is 2.03. The number of methoxy groups -OCH3 is 2. The zero-order valence-corrected chi connectivity index (χ0v) is 11.9. The van der Waals surface area contributed by atoms with Crippen molar-refractivity contribution >= 4 is 11.6 Å². The Morgan fingerprint density at radius 3 is 2.63 bits per heavy atom. The molecule has 5 heteroatoms. The van der Waals surface area contributed by atoms with E-state index in [1.54, 1.807) is 14.2 Å². The van der Waals surface area contributed by atoms with E-state index in [0.717, 1.165) is 16.9 Å². The third kappa shape index (κ3) is 2.86. The van der Waals surface area contributed by atoms with Gasteiger partial charge in [-0.05, 0) is 12.1 Å². The number of benzene rings is 1. The second kappa shape index (κ2) is 5.82. The molecule has 0 radical (unpaired) electrons. The van der Waals surface area contributed by atoms with Crippen molar-refractivity contribution < 1.29 is 14.6 Å². The molecule has 1 heterocycles. The first-order chi connectivity index (χ1) is 9.06. The van der Waals surface area contributed by atoms with Crippen molar-refractivity contribution in [1.82, 2.24) is 4.90 Å². The van der Waals surface area contributed by atoms with E-state index in [9.17, 15) is 5.11 Å². The second-order valence-electron chi connectivity index (χ2n) is 4.56. The molecule has 0 aromatic heterocycles. The Morgan fingerprint density at radius 2 is 2.05 bits per heavy atom. The lowest BCUT2D eigenvalue weighted by Crippen LogP contribution is -2.34. The molecule has 2 rings (SSSR count). The van der Waals surface area contributed by atoms with Crippen molar-refractivity contribution in [2.45, 2.75) is 12.6 Å². The molecule has 0 saturated heterocycles. The van der Waals surface area contributed by atoms with E-state index in [2.05, 4.69) is 6.58 Å². The number of hydrogen-bond acceptors (Lipinski definition) is 4. The second-order valence-corrected chi connectivity index (χ2v) is 5.10. The Kier molecular flexibility index (Phi) is 4.34. The van der Waals surface area contributed by atoms with Crippen molar-refractivity contribution in [3.63, 3.8) is 0 Å². The van der Waals surface area contributed by atoms with Gasteiger partial charge in [-0.25, -0.2) is 0 Å². The summed E-state index contributed by atoms with van der Waals surface area (Å²) >= 11 is 5.84. The van der Waals surface area contributed by atoms with E-state index in [1.807, 2.05) is 17.0 Å². The first-order valence-corrected chi connectivity index (χ1v) is 6.42. The average molecular weight is 284 g/mol. The van der Waals surface area contributed by atoms with Crippen LogP contribution in [0.1, 0.15) is 17.2 Å². The molecular formula is C14H18ClNO3. The normalized spacial score (nSPS) is 18.8. The molecule has 0 fully saturated rings. The molecule has 1 atom stereocenters. The minimum absolute atomic E-state index is 0.502. The molecule has 0 bridgehead atoms. The Hall–Kier alpha value is -1.23. The maximum Gasteiger partial charge on any atom is 0.125 e. The lowest BCUT2D eigenvalue weighted by molar-refractivity contribution is 0.0948. The van der Waals surface area contributed by atoms with Crippen molar-refractivity contribution in [3.05, 3.63) is 34.9 Å². The number of halogens is 1. The zero-order chi connectivity index (χ0) is 14.0. The van der Waals surface area contributed by atoms with E-state index >= 15 is 0 Å². The SMILES string of the molecule is C=C(Cl)CN1Cc2c(OC)ccc(OC)c2[C@@H](O)C1. The number of rotatable bonds is 4. The van der Waals surface area contributed by atoms with Gasteiger partial charge in [0.2, 0.25) is 0 Å². The summed E-state index contributed by atoms with van der Waals surface area (Å²) in [5.41, 5.74) is 1.75. The highest BCUT2D eigenvalue weighted by Crippen LogP contribution is 2.39. The van der Waals surface area contributed by atoms with Crippen LogP contribution in [0.2, 0.25) is 0 Å². The maximum atomic E-state index is 10.3. The van der Waals surface area contributed by atoms with E-state index in [1.165, 1.54) is 0 Å². The number of nitrogens with zero attached hydrogens (tertiary/aromatic N) is 1. The Morgan fingerprint density at radius 1 is 1.42 bits per heavy atom. The van der Waals surface area contributed by atoms with Gasteiger partial charge in [0.25, 0.3) is 0 Å². The van der Waals surface area contributed by atoms with Crippen molar-refractivity contribution in [3.8, 4) is 11.5 Å². The predicted molar refractivity (Wildman–Crippen MR) is 74.8 cm³/mol. The van der Waals surface area contributed by atoms with Crippen LogP contribution in [0, 0.1) is 0 Å². The van der Waals surface area contributed by atoms with Gasteiger partial charge in [0.05, 0.1) is 20.3 Å². The minimum atomic E-state index is -0.621. The van der Waals surface area contributed by atoms with Crippen LogP contribution in [-0.2, 0) is 6.54 Å². The van der Waals surface area contributed by atoms with Crippen LogP contribution in [0.4, 0.5) is 0 Å². The Balaban J connectivity index is 2.41. The van der Waals surface area contributed by atoms with Crippen molar-refractivity contribution in [2.75, 3.05) is 27.3 Å². The summed E-state index contributed by atoms with van der Waals surface area (Å²) in [6.07, 6.45) is -0.621. The fraction of sp³-hybridized carbons (Fsp3) is 0.429. The van der Waals surface area contributed by atoms with Gasteiger partial charge in [-0.1, -0.05) is 18.2 Å². The monoisotopic (exact) mass is 283 g/mol. The molecule has 4 nitrogen and oxygen atoms in total. The number of aliphatic hydroxyl groups is 1. The predicted octanol–water partition coefficient (Wildman–Crippen LogP) is 2.31. The molecule has 19 heavy (non-hydrogen) atoms. The molecule has 104 valence electrons. The van der Waals surface area contributed by atoms with Crippen LogP contribution in [0.5, 0.6) is 11.5 Å². The molecule has 1 N–H and O–H groups in total. The van der Waals surface area contributed by atoms with Gasteiger partial charge in [-0.2, -0.15) is 0 Å². The molecule has 0 spiro atoms. The fourth-order valence-corrected chi connectivity index (χ4v) is 2.68. The summed E-state index contributed by atoms with van der Waals surface area (Å²) in [7, 11) is 3.22. The third-order valence-electron chi connectivity index (χ3n) is 3.26. The molecule has 0 unspecified atom stereocenters. The first-order valence-electron chi connectivity index (χ1n) is 6.04. The van der Waals surface area contributed by atoms with Crippen LogP contribution in [-0.4, -0.2) is 37.3 Å². The fourth-order valence-electron chi connectivity index (χ4n) is 2.51. The van der Waals surface area contributed by atoms with Crippen LogP contribution in [0.15, 0.2) is 23.7 Å². The molecule has 0 aliphatic carbocycles. The highest BCUT2D eigenvalue weighted by Gasteiger charge is 2.29. The third-order valence-corrected chi connectivity index (χ3v) is 3.37. The smallest absolute Gasteiger partial charge is 0.125 e. The van der Waals surface area contributed by atoms with E-state index in [0.29, 0.717) is 30.4 Å². The van der Waals surface area contributed by atoms with Crippen LogP contribution in [0.3, 0.4) is 0 Å². The zero-order valence-electron chi connectivity index (χ0n) is 11.1. The number of fused-ring (bicyclic) bond motifs is 1. The van der Waals surface area contributed by atoms with Crippen LogP contribution in [0.25, 0.3) is 0 Å². The summed E-state index contributed by atoms with van der Waals surface area (Å²) in [6, 6.07) is 3.67. The van der Waals surface area contributed by atoms with Gasteiger partial charge in [0.1, 0.15) is 11.5 Å². The summed E-state index contributed by atoms with van der Waals surface area (Å²) in [5, 5.41) is 10.9. The lowest BCUT2D eigenvalue weighted by Gasteiger charge is -2.33. The number of hydrogen-bond donors (Lipinski definition) is 1. The highest BCUT2D eigenvalue weighted by molar-refractivity contribution is 6.29. The molecular weight excluding hydrogens is 266 g/mol. The van der Waals surface area contributed by atoms with Crippen molar-refractivity contribution in [1.29, 1.82) is 0 Å². The maximum absolute atomic E-state index is 10.3. The highest BCUT2D eigenvalue weighted by atomic mass is 35.5. The lowest BCUT2D eigenvalue weighted by atomic mass is 9.95. The van der Waals surface area contributed by atoms with Gasteiger partial charge >= 0.3 is 0 Å². The topological polar surface area (TPSA) is 41.9 Å². The van der Waals surface area contributed by atoms with Gasteiger partial charge in [0, 0.05) is 35.8 Å². The molecule has 0 amide bonds. The molecule has 0 saturated carbocycles. The number of aliphatic hydroxyl groups excluding tert-OH is 1. The van der Waals surface area contributed by atoms with Gasteiger partial charge in [0.15, 0.2) is 0 Å². The molecule has 1 aromatic carbocycles. The Labute approximate surface area is 118 Å². The van der Waals surface area contributed by atoms with Crippen LogP contribution < -0.4 is 9.47 Å². The van der Waals surface area contributed by atoms with E-state index in [-0.39, 0.29) is 0 Å². The van der Waals surface area contributed by atoms with Crippen LogP contribution >= 0.6 is 11.6 Å². The van der Waals surface area contributed by atoms with Gasteiger partial charge in [-0.15, -0.1) is 0 Å². The number of β-amino-alcohol motifs (C(OH)–C–C–N with tert-alkyl or cyclic N) is 1.